The Hall–Kier alpha value is -3.57. The highest BCUT2D eigenvalue weighted by molar-refractivity contribution is 7.92. The molecule has 12 heteroatoms. The van der Waals surface area contributed by atoms with Gasteiger partial charge in [0.15, 0.2) is 0 Å². The SMILES string of the molecule is O=C(CN(c1ccc(Cl)c(C(F)(F)F)c1)S(=O)(=O)c1ccccc1)NCc1cccc(N2CCCC2=O)c1. The molecule has 0 unspecified atom stereocenters. The number of carbonyl (C=O) groups excluding carboxylic acids is 2. The predicted octanol–water partition coefficient (Wildman–Crippen LogP) is 5.00. The first-order valence-electron chi connectivity index (χ1n) is 11.6. The summed E-state index contributed by atoms with van der Waals surface area (Å²) in [4.78, 5) is 26.4. The minimum atomic E-state index is -4.83. The Morgan fingerprint density at radius 3 is 2.42 bits per heavy atom. The van der Waals surface area contributed by atoms with Gasteiger partial charge in [0.1, 0.15) is 6.54 Å². The Balaban J connectivity index is 1.58. The van der Waals surface area contributed by atoms with Gasteiger partial charge in [0.2, 0.25) is 11.8 Å². The molecule has 0 atom stereocenters. The van der Waals surface area contributed by atoms with Gasteiger partial charge in [0.05, 0.1) is 21.2 Å². The highest BCUT2D eigenvalue weighted by Crippen LogP contribution is 2.38. The maximum Gasteiger partial charge on any atom is 0.417 e. The second-order valence-corrected chi connectivity index (χ2v) is 10.9. The van der Waals surface area contributed by atoms with Crippen LogP contribution in [-0.2, 0) is 32.3 Å². The number of rotatable bonds is 8. The zero-order valence-electron chi connectivity index (χ0n) is 19.9. The number of nitrogens with zero attached hydrogens (tertiary/aromatic N) is 2. The molecular formula is C26H23ClF3N3O4S. The monoisotopic (exact) mass is 565 g/mol. The number of benzene rings is 3. The van der Waals surface area contributed by atoms with E-state index in [4.69, 9.17) is 11.6 Å². The molecule has 0 aromatic heterocycles. The second-order valence-electron chi connectivity index (χ2n) is 8.58. The number of sulfonamides is 1. The predicted molar refractivity (Wildman–Crippen MR) is 137 cm³/mol. The molecule has 0 spiro atoms. The lowest BCUT2D eigenvalue weighted by molar-refractivity contribution is -0.137. The fourth-order valence-electron chi connectivity index (χ4n) is 4.06. The molecule has 4 rings (SSSR count). The number of hydrogen-bond acceptors (Lipinski definition) is 4. The van der Waals surface area contributed by atoms with Crippen LogP contribution < -0.4 is 14.5 Å². The maximum atomic E-state index is 13.5. The van der Waals surface area contributed by atoms with E-state index in [9.17, 15) is 31.2 Å². The van der Waals surface area contributed by atoms with Crippen molar-refractivity contribution in [2.45, 2.75) is 30.5 Å². The first kappa shape index (κ1) is 27.5. The van der Waals surface area contributed by atoms with Crippen molar-refractivity contribution in [2.24, 2.45) is 0 Å². The fourth-order valence-corrected chi connectivity index (χ4v) is 5.72. The van der Waals surface area contributed by atoms with Gasteiger partial charge in [-0.1, -0.05) is 41.9 Å². The van der Waals surface area contributed by atoms with Crippen LogP contribution in [0.4, 0.5) is 24.5 Å². The van der Waals surface area contributed by atoms with Gasteiger partial charge in [-0.15, -0.1) is 0 Å². The second kappa shape index (κ2) is 11.0. The van der Waals surface area contributed by atoms with Crippen LogP contribution in [0.1, 0.15) is 24.0 Å². The summed E-state index contributed by atoms with van der Waals surface area (Å²) in [5, 5.41) is 2.01. The van der Waals surface area contributed by atoms with Crippen molar-refractivity contribution in [1.82, 2.24) is 5.32 Å². The Morgan fingerprint density at radius 1 is 1.03 bits per heavy atom. The lowest BCUT2D eigenvalue weighted by atomic mass is 10.2. The molecule has 0 radical (unpaired) electrons. The van der Waals surface area contributed by atoms with E-state index in [1.165, 1.54) is 24.3 Å². The number of halogens is 4. The number of nitrogens with one attached hydrogen (secondary N) is 1. The van der Waals surface area contributed by atoms with Crippen molar-refractivity contribution >= 4 is 44.8 Å². The highest BCUT2D eigenvalue weighted by atomic mass is 35.5. The van der Waals surface area contributed by atoms with Crippen LogP contribution in [0.15, 0.2) is 77.7 Å². The quantitative estimate of drug-likeness (QED) is 0.417. The molecule has 3 aromatic rings. The van der Waals surface area contributed by atoms with Gasteiger partial charge in [-0.2, -0.15) is 13.2 Å². The molecule has 1 aliphatic heterocycles. The van der Waals surface area contributed by atoms with Crippen LogP contribution in [0.2, 0.25) is 5.02 Å². The normalized spacial score (nSPS) is 14.0. The summed E-state index contributed by atoms with van der Waals surface area (Å²) in [6, 6.07) is 16.7. The third-order valence-electron chi connectivity index (χ3n) is 5.95. The molecule has 0 bridgehead atoms. The molecule has 38 heavy (non-hydrogen) atoms. The van der Waals surface area contributed by atoms with E-state index in [1.54, 1.807) is 35.2 Å². The van der Waals surface area contributed by atoms with Crippen molar-refractivity contribution in [3.63, 3.8) is 0 Å². The van der Waals surface area contributed by atoms with E-state index in [2.05, 4.69) is 5.32 Å². The summed E-state index contributed by atoms with van der Waals surface area (Å²) in [5.41, 5.74) is -0.235. The van der Waals surface area contributed by atoms with Crippen LogP contribution in [0.3, 0.4) is 0 Å². The van der Waals surface area contributed by atoms with Crippen LogP contribution in [0.5, 0.6) is 0 Å². The molecule has 200 valence electrons. The van der Waals surface area contributed by atoms with Crippen molar-refractivity contribution in [2.75, 3.05) is 22.3 Å². The van der Waals surface area contributed by atoms with Crippen molar-refractivity contribution in [3.05, 3.63) is 88.9 Å². The summed E-state index contributed by atoms with van der Waals surface area (Å²) in [5.74, 6) is -0.732. The van der Waals surface area contributed by atoms with E-state index in [0.717, 1.165) is 18.6 Å². The molecular weight excluding hydrogens is 543 g/mol. The van der Waals surface area contributed by atoms with Gasteiger partial charge in [-0.3, -0.25) is 13.9 Å². The smallest absolute Gasteiger partial charge is 0.350 e. The van der Waals surface area contributed by atoms with Crippen LogP contribution in [0.25, 0.3) is 0 Å². The van der Waals surface area contributed by atoms with E-state index in [0.29, 0.717) is 34.6 Å². The Kier molecular flexibility index (Phi) is 7.98. The van der Waals surface area contributed by atoms with Gasteiger partial charge < -0.3 is 10.2 Å². The average Bonchev–Trinajstić information content (AvgIpc) is 3.32. The summed E-state index contributed by atoms with van der Waals surface area (Å²) in [6.45, 7) is -0.162. The zero-order valence-corrected chi connectivity index (χ0v) is 21.5. The average molecular weight is 566 g/mol. The molecule has 1 heterocycles. The topological polar surface area (TPSA) is 86.8 Å². The number of hydrogen-bond donors (Lipinski definition) is 1. The van der Waals surface area contributed by atoms with Crippen molar-refractivity contribution in [1.29, 1.82) is 0 Å². The lowest BCUT2D eigenvalue weighted by Crippen LogP contribution is -2.40. The minimum absolute atomic E-state index is 0.00846. The van der Waals surface area contributed by atoms with E-state index in [-0.39, 0.29) is 23.0 Å². The molecule has 1 aliphatic rings. The van der Waals surface area contributed by atoms with Crippen LogP contribution in [-0.4, -0.2) is 33.3 Å². The molecule has 7 nitrogen and oxygen atoms in total. The van der Waals surface area contributed by atoms with Crippen molar-refractivity contribution < 1.29 is 31.2 Å². The number of anilines is 2. The summed E-state index contributed by atoms with van der Waals surface area (Å²) in [6.07, 6.45) is -3.61. The molecule has 1 N–H and O–H groups in total. The summed E-state index contributed by atoms with van der Waals surface area (Å²) < 4.78 is 67.9. The Bertz CT molecular complexity index is 1450. The van der Waals surface area contributed by atoms with Crippen molar-refractivity contribution in [3.8, 4) is 0 Å². The van der Waals surface area contributed by atoms with E-state index < -0.39 is 39.2 Å². The molecule has 3 aromatic carbocycles. The maximum absolute atomic E-state index is 13.5. The summed E-state index contributed by atoms with van der Waals surface area (Å²) >= 11 is 5.72. The Labute approximate surface area is 222 Å². The number of amides is 2. The largest absolute Gasteiger partial charge is 0.417 e. The van der Waals surface area contributed by atoms with E-state index in [1.807, 2.05) is 0 Å². The lowest BCUT2D eigenvalue weighted by Gasteiger charge is -2.25. The zero-order chi connectivity index (χ0) is 27.5. The molecule has 2 amide bonds. The first-order chi connectivity index (χ1) is 18.0. The fraction of sp³-hybridized carbons (Fsp3) is 0.231. The highest BCUT2D eigenvalue weighted by Gasteiger charge is 2.35. The van der Waals surface area contributed by atoms with Gasteiger partial charge in [-0.05, 0) is 54.4 Å². The third kappa shape index (κ3) is 6.11. The molecule has 1 saturated heterocycles. The molecule has 0 saturated carbocycles. The number of carbonyl (C=O) groups is 2. The third-order valence-corrected chi connectivity index (χ3v) is 8.06. The molecule has 0 aliphatic carbocycles. The minimum Gasteiger partial charge on any atom is -0.350 e. The van der Waals surface area contributed by atoms with Gasteiger partial charge in [-0.25, -0.2) is 8.42 Å². The van der Waals surface area contributed by atoms with E-state index >= 15 is 0 Å². The van der Waals surface area contributed by atoms with Crippen LogP contribution in [0, 0.1) is 0 Å². The summed E-state index contributed by atoms with van der Waals surface area (Å²) in [7, 11) is -4.41. The first-order valence-corrected chi connectivity index (χ1v) is 13.4. The Morgan fingerprint density at radius 2 is 1.76 bits per heavy atom. The van der Waals surface area contributed by atoms with Gasteiger partial charge in [0.25, 0.3) is 10.0 Å². The van der Waals surface area contributed by atoms with Gasteiger partial charge >= 0.3 is 6.18 Å². The number of alkyl halides is 3. The standard InChI is InChI=1S/C26H23ClF3N3O4S/c27-23-12-11-20(15-22(23)26(28,29)30)33(38(36,37)21-8-2-1-3-9-21)17-24(34)31-16-18-6-4-7-19(14-18)32-13-5-10-25(32)35/h1-4,6-9,11-12,14-15H,5,10,13,16-17H2,(H,31,34). The van der Waals surface area contributed by atoms with Gasteiger partial charge in [0, 0.05) is 25.2 Å². The van der Waals surface area contributed by atoms with Crippen LogP contribution >= 0.6 is 11.6 Å². The molecule has 1 fully saturated rings.